The molecule has 1 aliphatic rings. The van der Waals surface area contributed by atoms with Crippen LogP contribution < -0.4 is 11.1 Å². The highest BCUT2D eigenvalue weighted by molar-refractivity contribution is 5.94. The van der Waals surface area contributed by atoms with Gasteiger partial charge in [-0.25, -0.2) is 8.78 Å². The maximum absolute atomic E-state index is 12.8. The molecule has 0 spiro atoms. The Morgan fingerprint density at radius 1 is 1.35 bits per heavy atom. The maximum Gasteiger partial charge on any atom is 0.330 e. The Morgan fingerprint density at radius 3 is 2.69 bits per heavy atom. The lowest BCUT2D eigenvalue weighted by Crippen LogP contribution is -2.44. The third-order valence-corrected chi connectivity index (χ3v) is 4.15. The summed E-state index contributed by atoms with van der Waals surface area (Å²) in [6.45, 7) is -0.517. The molecule has 1 aromatic rings. The Morgan fingerprint density at radius 2 is 2.04 bits per heavy atom. The van der Waals surface area contributed by atoms with Gasteiger partial charge < -0.3 is 20.5 Å². The minimum absolute atomic E-state index is 0.0341. The largest absolute Gasteiger partial charge is 0.381 e. The van der Waals surface area contributed by atoms with Crippen molar-refractivity contribution in [2.24, 2.45) is 11.7 Å². The molecule has 146 valence electrons. The molecule has 1 saturated heterocycles. The van der Waals surface area contributed by atoms with Gasteiger partial charge in [-0.3, -0.25) is 4.79 Å². The third kappa shape index (κ3) is 5.93. The molecular formula is C17H22F4N2O3. The summed E-state index contributed by atoms with van der Waals surface area (Å²) in [4.78, 5) is 12.3. The van der Waals surface area contributed by atoms with Gasteiger partial charge in [0.1, 0.15) is 6.61 Å². The Hall–Kier alpha value is -1.71. The number of alkyl halides is 4. The zero-order valence-corrected chi connectivity index (χ0v) is 14.1. The first kappa shape index (κ1) is 20.6. The van der Waals surface area contributed by atoms with Crippen molar-refractivity contribution in [2.45, 2.75) is 37.8 Å². The highest BCUT2D eigenvalue weighted by atomic mass is 19.3. The van der Waals surface area contributed by atoms with Gasteiger partial charge in [0.05, 0.1) is 12.6 Å². The summed E-state index contributed by atoms with van der Waals surface area (Å²) in [6.07, 6.45) is -2.36. The van der Waals surface area contributed by atoms with Gasteiger partial charge in [0.25, 0.3) is 0 Å². The van der Waals surface area contributed by atoms with E-state index in [2.05, 4.69) is 10.1 Å². The molecule has 3 N–H and O–H groups in total. The van der Waals surface area contributed by atoms with Gasteiger partial charge in [-0.2, -0.15) is 8.78 Å². The molecule has 9 heteroatoms. The van der Waals surface area contributed by atoms with Crippen LogP contribution in [0.15, 0.2) is 24.3 Å². The molecule has 0 bridgehead atoms. The van der Waals surface area contributed by atoms with Crippen molar-refractivity contribution in [3.63, 3.8) is 0 Å². The van der Waals surface area contributed by atoms with Gasteiger partial charge in [-0.05, 0) is 36.5 Å². The first-order valence-electron chi connectivity index (χ1n) is 8.26. The zero-order valence-electron chi connectivity index (χ0n) is 14.1. The predicted octanol–water partition coefficient (Wildman–Crippen LogP) is 2.80. The van der Waals surface area contributed by atoms with E-state index in [9.17, 15) is 22.4 Å². The van der Waals surface area contributed by atoms with Crippen LogP contribution in [0.4, 0.5) is 23.2 Å². The fraction of sp³-hybridized carbons (Fsp3) is 0.588. The Balaban J connectivity index is 1.87. The topological polar surface area (TPSA) is 73.6 Å². The smallest absolute Gasteiger partial charge is 0.330 e. The van der Waals surface area contributed by atoms with E-state index in [1.165, 1.54) is 6.07 Å². The number of amides is 1. The number of carbonyl (C=O) groups excluding carboxylic acids is 1. The number of anilines is 1. The fourth-order valence-electron chi connectivity index (χ4n) is 2.62. The van der Waals surface area contributed by atoms with Crippen LogP contribution in [0, 0.1) is 5.92 Å². The van der Waals surface area contributed by atoms with Crippen LogP contribution in [-0.2, 0) is 20.9 Å². The average molecular weight is 378 g/mol. The van der Waals surface area contributed by atoms with Crippen molar-refractivity contribution in [3.05, 3.63) is 29.8 Å². The number of rotatable bonds is 8. The number of carbonyl (C=O) groups is 1. The van der Waals surface area contributed by atoms with Gasteiger partial charge in [-0.1, -0.05) is 12.1 Å². The lowest BCUT2D eigenvalue weighted by molar-refractivity contribution is -0.168. The summed E-state index contributed by atoms with van der Waals surface area (Å²) in [5.74, 6) is -4.51. The quantitative estimate of drug-likeness (QED) is 0.683. The van der Waals surface area contributed by atoms with Crippen molar-refractivity contribution >= 4 is 11.6 Å². The van der Waals surface area contributed by atoms with Crippen LogP contribution in [0.3, 0.4) is 0 Å². The normalized spacial score (nSPS) is 17.3. The second-order valence-electron chi connectivity index (χ2n) is 6.22. The van der Waals surface area contributed by atoms with Gasteiger partial charge >= 0.3 is 12.3 Å². The van der Waals surface area contributed by atoms with Crippen LogP contribution >= 0.6 is 0 Å². The molecule has 0 radical (unpaired) electrons. The second kappa shape index (κ2) is 9.29. The number of ether oxygens (including phenoxy) is 2. The Labute approximate surface area is 148 Å². The van der Waals surface area contributed by atoms with Gasteiger partial charge in [0.2, 0.25) is 5.91 Å². The van der Waals surface area contributed by atoms with E-state index in [1.807, 2.05) is 0 Å². The molecule has 0 aromatic heterocycles. The summed E-state index contributed by atoms with van der Waals surface area (Å²) >= 11 is 0. The molecule has 1 fully saturated rings. The SMILES string of the molecule is NC(C(=O)Nc1cccc(COCC(F)(F)C(F)F)c1)C1CCOCC1. The fourth-order valence-corrected chi connectivity index (χ4v) is 2.62. The molecule has 1 aliphatic heterocycles. The Kier molecular flexibility index (Phi) is 7.36. The Bertz CT molecular complexity index is 595. The zero-order chi connectivity index (χ0) is 19.2. The first-order valence-corrected chi connectivity index (χ1v) is 8.26. The van der Waals surface area contributed by atoms with E-state index in [0.29, 0.717) is 37.3 Å². The van der Waals surface area contributed by atoms with Gasteiger partial charge in [-0.15, -0.1) is 0 Å². The van der Waals surface area contributed by atoms with E-state index < -0.39 is 25.0 Å². The molecule has 1 atom stereocenters. The number of halogens is 4. The summed E-state index contributed by atoms with van der Waals surface area (Å²) < 4.78 is 59.7. The van der Waals surface area contributed by atoms with Crippen molar-refractivity contribution in [2.75, 3.05) is 25.1 Å². The number of nitrogens with one attached hydrogen (secondary N) is 1. The molecule has 1 amide bonds. The van der Waals surface area contributed by atoms with Gasteiger partial charge in [0, 0.05) is 18.9 Å². The van der Waals surface area contributed by atoms with E-state index in [-0.39, 0.29) is 18.4 Å². The summed E-state index contributed by atoms with van der Waals surface area (Å²) in [5.41, 5.74) is 6.88. The molecule has 5 nitrogen and oxygen atoms in total. The van der Waals surface area contributed by atoms with Crippen molar-refractivity contribution in [1.82, 2.24) is 0 Å². The van der Waals surface area contributed by atoms with Crippen molar-refractivity contribution in [1.29, 1.82) is 0 Å². The highest BCUT2D eigenvalue weighted by Gasteiger charge is 2.40. The minimum atomic E-state index is -4.19. The lowest BCUT2D eigenvalue weighted by Gasteiger charge is -2.26. The lowest BCUT2D eigenvalue weighted by atomic mass is 9.92. The van der Waals surface area contributed by atoms with E-state index in [0.717, 1.165) is 0 Å². The standard InChI is InChI=1S/C17H22F4N2O3/c18-16(19)17(20,21)10-26-9-11-2-1-3-13(8-11)23-15(24)14(22)12-4-6-25-7-5-12/h1-3,8,12,14,16H,4-7,9-10,22H2,(H,23,24). The second-order valence-corrected chi connectivity index (χ2v) is 6.22. The summed E-state index contributed by atoms with van der Waals surface area (Å²) in [7, 11) is 0. The number of hydrogen-bond acceptors (Lipinski definition) is 4. The molecule has 0 aliphatic carbocycles. The van der Waals surface area contributed by atoms with E-state index in [4.69, 9.17) is 10.5 Å². The van der Waals surface area contributed by atoms with Gasteiger partial charge in [0.15, 0.2) is 0 Å². The van der Waals surface area contributed by atoms with E-state index >= 15 is 0 Å². The minimum Gasteiger partial charge on any atom is -0.381 e. The molecule has 1 heterocycles. The van der Waals surface area contributed by atoms with E-state index in [1.54, 1.807) is 18.2 Å². The summed E-state index contributed by atoms with van der Waals surface area (Å²) in [6, 6.07) is 5.64. The predicted molar refractivity (Wildman–Crippen MR) is 87.2 cm³/mol. The van der Waals surface area contributed by atoms with Crippen LogP contribution in [0.25, 0.3) is 0 Å². The number of nitrogens with two attached hydrogens (primary N) is 1. The van der Waals surface area contributed by atoms with Crippen LogP contribution in [-0.4, -0.2) is 44.1 Å². The summed E-state index contributed by atoms with van der Waals surface area (Å²) in [5, 5.41) is 2.68. The molecule has 0 saturated carbocycles. The average Bonchev–Trinajstić information content (AvgIpc) is 2.62. The molecule has 1 aromatic carbocycles. The van der Waals surface area contributed by atoms with Crippen LogP contribution in [0.2, 0.25) is 0 Å². The number of hydrogen-bond donors (Lipinski definition) is 2. The third-order valence-electron chi connectivity index (χ3n) is 4.15. The molecule has 1 unspecified atom stereocenters. The molecule has 2 rings (SSSR count). The number of benzene rings is 1. The molecular weight excluding hydrogens is 356 g/mol. The first-order chi connectivity index (χ1) is 12.3. The maximum atomic E-state index is 12.8. The molecule has 26 heavy (non-hydrogen) atoms. The van der Waals surface area contributed by atoms with Crippen LogP contribution in [0.5, 0.6) is 0 Å². The van der Waals surface area contributed by atoms with Crippen molar-refractivity contribution < 1.29 is 31.8 Å². The van der Waals surface area contributed by atoms with Crippen molar-refractivity contribution in [3.8, 4) is 0 Å². The highest BCUT2D eigenvalue weighted by Crippen LogP contribution is 2.24. The van der Waals surface area contributed by atoms with Crippen LogP contribution in [0.1, 0.15) is 18.4 Å². The monoisotopic (exact) mass is 378 g/mol.